The lowest BCUT2D eigenvalue weighted by molar-refractivity contribution is 0.643. The number of rotatable bonds is 6. The van der Waals surface area contributed by atoms with Crippen molar-refractivity contribution < 1.29 is 0 Å². The Hall–Kier alpha value is -0.780. The zero-order valence-corrected chi connectivity index (χ0v) is 13.9. The molecular weight excluding hydrogens is 334 g/mol. The summed E-state index contributed by atoms with van der Waals surface area (Å²) in [7, 11) is 0. The van der Waals surface area contributed by atoms with Crippen molar-refractivity contribution in [3.8, 4) is 10.6 Å². The molecule has 1 aromatic carbocycles. The zero-order valence-electron chi connectivity index (χ0n) is 11.5. The summed E-state index contributed by atoms with van der Waals surface area (Å²) in [6.07, 6.45) is 4.86. The Kier molecular flexibility index (Phi) is 4.48. The van der Waals surface area contributed by atoms with E-state index in [1.54, 1.807) is 11.3 Å². The molecule has 0 radical (unpaired) electrons. The van der Waals surface area contributed by atoms with E-state index < -0.39 is 0 Å². The van der Waals surface area contributed by atoms with Gasteiger partial charge in [-0.15, -0.1) is 10.2 Å². The van der Waals surface area contributed by atoms with E-state index in [-0.39, 0.29) is 0 Å². The minimum atomic E-state index is 0.795. The molecular formula is C15H18BrN3S. The van der Waals surface area contributed by atoms with Crippen molar-refractivity contribution in [1.29, 1.82) is 0 Å². The number of aromatic nitrogens is 2. The average molecular weight is 352 g/mol. The number of nitrogens with zero attached hydrogens (tertiary/aromatic N) is 2. The normalized spacial score (nSPS) is 14.7. The van der Waals surface area contributed by atoms with E-state index in [0.29, 0.717) is 0 Å². The molecule has 1 fully saturated rings. The molecule has 3 nitrogen and oxygen atoms in total. The van der Waals surface area contributed by atoms with Crippen LogP contribution in [0, 0.1) is 6.92 Å². The molecule has 0 amide bonds. The monoisotopic (exact) mass is 351 g/mol. The van der Waals surface area contributed by atoms with Gasteiger partial charge < -0.3 is 5.32 Å². The van der Waals surface area contributed by atoms with Gasteiger partial charge in [-0.05, 0) is 54.2 Å². The molecule has 1 heterocycles. The van der Waals surface area contributed by atoms with Gasteiger partial charge in [-0.2, -0.15) is 0 Å². The Morgan fingerprint density at radius 2 is 2.20 bits per heavy atom. The van der Waals surface area contributed by atoms with E-state index in [1.807, 2.05) is 0 Å². The predicted octanol–water partition coefficient (Wildman–Crippen LogP) is 3.96. The Labute approximate surface area is 132 Å². The first kappa shape index (κ1) is 14.2. The molecule has 0 atom stereocenters. The summed E-state index contributed by atoms with van der Waals surface area (Å²) in [4.78, 5) is 0. The summed E-state index contributed by atoms with van der Waals surface area (Å²) in [6.45, 7) is 3.19. The predicted molar refractivity (Wildman–Crippen MR) is 87.1 cm³/mol. The second-order valence-corrected chi connectivity index (χ2v) is 7.12. The fourth-order valence-electron chi connectivity index (χ4n) is 2.11. The van der Waals surface area contributed by atoms with Crippen LogP contribution in [0.4, 0.5) is 0 Å². The maximum atomic E-state index is 4.33. The second-order valence-electron chi connectivity index (χ2n) is 5.27. The fraction of sp³-hybridized carbons (Fsp3) is 0.467. The smallest absolute Gasteiger partial charge is 0.148 e. The quantitative estimate of drug-likeness (QED) is 0.800. The molecule has 20 heavy (non-hydrogen) atoms. The molecule has 0 bridgehead atoms. The first-order chi connectivity index (χ1) is 9.74. The summed E-state index contributed by atoms with van der Waals surface area (Å²) in [6, 6.07) is 7.05. The van der Waals surface area contributed by atoms with Crippen LogP contribution in [-0.2, 0) is 6.42 Å². The van der Waals surface area contributed by atoms with Crippen molar-refractivity contribution in [3.63, 3.8) is 0 Å². The van der Waals surface area contributed by atoms with Gasteiger partial charge in [-0.25, -0.2) is 0 Å². The highest BCUT2D eigenvalue weighted by Gasteiger charge is 2.19. The Balaban J connectivity index is 1.62. The first-order valence-corrected chi connectivity index (χ1v) is 8.66. The molecule has 1 N–H and O–H groups in total. The maximum Gasteiger partial charge on any atom is 0.148 e. The summed E-state index contributed by atoms with van der Waals surface area (Å²) in [5.74, 6) is 0. The van der Waals surface area contributed by atoms with Gasteiger partial charge in [0, 0.05) is 22.5 Å². The zero-order chi connectivity index (χ0) is 13.9. The Morgan fingerprint density at radius 3 is 3.00 bits per heavy atom. The van der Waals surface area contributed by atoms with Gasteiger partial charge in [0.15, 0.2) is 0 Å². The van der Waals surface area contributed by atoms with Crippen LogP contribution in [0.15, 0.2) is 22.7 Å². The van der Waals surface area contributed by atoms with E-state index in [1.165, 1.54) is 18.4 Å². The van der Waals surface area contributed by atoms with Gasteiger partial charge in [0.2, 0.25) is 0 Å². The van der Waals surface area contributed by atoms with Crippen molar-refractivity contribution >= 4 is 27.3 Å². The minimum absolute atomic E-state index is 0.795. The molecule has 106 valence electrons. The van der Waals surface area contributed by atoms with Crippen molar-refractivity contribution in [3.05, 3.63) is 33.2 Å². The molecule has 3 rings (SSSR count). The lowest BCUT2D eigenvalue weighted by Gasteiger charge is -2.02. The molecule has 0 aliphatic heterocycles. The summed E-state index contributed by atoms with van der Waals surface area (Å²) in [5.41, 5.74) is 2.37. The third-order valence-corrected chi connectivity index (χ3v) is 5.54. The SMILES string of the molecule is Cc1cccc(-c2nnc(CCCNC3CC3)s2)c1Br. The van der Waals surface area contributed by atoms with Gasteiger partial charge in [-0.3, -0.25) is 0 Å². The highest BCUT2D eigenvalue weighted by molar-refractivity contribution is 9.10. The van der Waals surface area contributed by atoms with E-state index in [2.05, 4.69) is 56.6 Å². The van der Waals surface area contributed by atoms with Gasteiger partial charge in [-0.1, -0.05) is 29.5 Å². The van der Waals surface area contributed by atoms with Crippen LogP contribution in [0.25, 0.3) is 10.6 Å². The number of hydrogen-bond donors (Lipinski definition) is 1. The topological polar surface area (TPSA) is 37.8 Å². The summed E-state index contributed by atoms with van der Waals surface area (Å²) >= 11 is 5.35. The molecule has 0 spiro atoms. The van der Waals surface area contributed by atoms with E-state index >= 15 is 0 Å². The molecule has 5 heteroatoms. The minimum Gasteiger partial charge on any atom is -0.314 e. The number of hydrogen-bond acceptors (Lipinski definition) is 4. The van der Waals surface area contributed by atoms with Crippen LogP contribution in [-0.4, -0.2) is 22.8 Å². The number of halogens is 1. The second kappa shape index (κ2) is 6.33. The Morgan fingerprint density at radius 1 is 1.35 bits per heavy atom. The van der Waals surface area contributed by atoms with Crippen molar-refractivity contribution in [2.45, 2.75) is 38.6 Å². The van der Waals surface area contributed by atoms with E-state index in [9.17, 15) is 0 Å². The van der Waals surface area contributed by atoms with Gasteiger partial charge in [0.05, 0.1) is 0 Å². The van der Waals surface area contributed by atoms with Gasteiger partial charge in [0.25, 0.3) is 0 Å². The molecule has 1 saturated carbocycles. The molecule has 0 saturated heterocycles. The van der Waals surface area contributed by atoms with Crippen LogP contribution in [0.5, 0.6) is 0 Å². The lowest BCUT2D eigenvalue weighted by atomic mass is 10.1. The summed E-state index contributed by atoms with van der Waals surface area (Å²) in [5, 5.41) is 14.3. The Bertz CT molecular complexity index is 593. The number of benzene rings is 1. The molecule has 2 aromatic rings. The molecule has 1 aliphatic carbocycles. The number of aryl methyl sites for hydroxylation is 2. The third kappa shape index (κ3) is 3.45. The third-order valence-electron chi connectivity index (χ3n) is 3.47. The molecule has 1 aliphatic rings. The summed E-state index contributed by atoms with van der Waals surface area (Å²) < 4.78 is 1.12. The lowest BCUT2D eigenvalue weighted by Crippen LogP contribution is -2.17. The fourth-order valence-corrected chi connectivity index (χ4v) is 3.61. The average Bonchev–Trinajstić information content (AvgIpc) is 3.15. The van der Waals surface area contributed by atoms with Crippen LogP contribution in [0.1, 0.15) is 29.8 Å². The largest absolute Gasteiger partial charge is 0.314 e. The standard InChI is InChI=1S/C15H18BrN3S/c1-10-4-2-5-12(14(10)16)15-19-18-13(20-15)6-3-9-17-11-7-8-11/h2,4-5,11,17H,3,6-9H2,1H3. The molecule has 0 unspecified atom stereocenters. The van der Waals surface area contributed by atoms with Gasteiger partial charge >= 0.3 is 0 Å². The van der Waals surface area contributed by atoms with Crippen LogP contribution in [0.2, 0.25) is 0 Å². The van der Waals surface area contributed by atoms with Crippen LogP contribution in [0.3, 0.4) is 0 Å². The molecule has 1 aromatic heterocycles. The van der Waals surface area contributed by atoms with E-state index in [0.717, 1.165) is 45.5 Å². The highest BCUT2D eigenvalue weighted by atomic mass is 79.9. The highest BCUT2D eigenvalue weighted by Crippen LogP contribution is 2.32. The van der Waals surface area contributed by atoms with Crippen LogP contribution < -0.4 is 5.32 Å². The van der Waals surface area contributed by atoms with Crippen molar-refractivity contribution in [2.24, 2.45) is 0 Å². The van der Waals surface area contributed by atoms with E-state index in [4.69, 9.17) is 0 Å². The first-order valence-electron chi connectivity index (χ1n) is 7.05. The van der Waals surface area contributed by atoms with Crippen LogP contribution >= 0.6 is 27.3 Å². The number of nitrogens with one attached hydrogen (secondary N) is 1. The maximum absolute atomic E-state index is 4.33. The van der Waals surface area contributed by atoms with Crippen molar-refractivity contribution in [2.75, 3.05) is 6.54 Å². The van der Waals surface area contributed by atoms with Gasteiger partial charge in [0.1, 0.15) is 10.0 Å². The van der Waals surface area contributed by atoms with Crippen molar-refractivity contribution in [1.82, 2.24) is 15.5 Å².